The number of hydrogen-bond donors (Lipinski definition) is 4. The Balaban J connectivity index is 1.52. The molecule has 8 heteroatoms. The number of fused-ring (bicyclic) bond motifs is 1. The number of H-pyrrole nitrogens is 1. The predicted octanol–water partition coefficient (Wildman–Crippen LogP) is 4.50. The topological polar surface area (TPSA) is 109 Å². The maximum Gasteiger partial charge on any atom is 0.323 e. The number of pyridine rings is 1. The molecule has 2 aromatic heterocycles. The number of rotatable bonds is 3. The summed E-state index contributed by atoms with van der Waals surface area (Å²) in [6.07, 6.45) is 1.68. The lowest BCUT2D eigenvalue weighted by molar-refractivity contribution is 0.262. The third-order valence-electron chi connectivity index (χ3n) is 4.02. The summed E-state index contributed by atoms with van der Waals surface area (Å²) in [5.74, 6) is 0.469. The van der Waals surface area contributed by atoms with Gasteiger partial charge < -0.3 is 16.4 Å². The number of nitrogens with zero attached hydrogens (tertiary/aromatic N) is 2. The molecule has 0 aliphatic carbocycles. The number of urea groups is 1. The van der Waals surface area contributed by atoms with Crippen LogP contribution in [0.5, 0.6) is 0 Å². The minimum atomic E-state index is -0.351. The highest BCUT2D eigenvalue weighted by Crippen LogP contribution is 2.30. The smallest absolute Gasteiger partial charge is 0.323 e. The summed E-state index contributed by atoms with van der Waals surface area (Å²) >= 11 is 5.92. The van der Waals surface area contributed by atoms with Crippen molar-refractivity contribution in [3.8, 4) is 11.1 Å². The zero-order chi connectivity index (χ0) is 18.8. The van der Waals surface area contributed by atoms with Gasteiger partial charge in [0, 0.05) is 22.6 Å². The number of aromatic amines is 1. The first kappa shape index (κ1) is 16.9. The van der Waals surface area contributed by atoms with Crippen LogP contribution >= 0.6 is 11.6 Å². The van der Waals surface area contributed by atoms with Gasteiger partial charge in [0.25, 0.3) is 0 Å². The highest BCUT2D eigenvalue weighted by molar-refractivity contribution is 6.30. The summed E-state index contributed by atoms with van der Waals surface area (Å²) in [5.41, 5.74) is 9.66. The van der Waals surface area contributed by atoms with E-state index in [1.54, 1.807) is 30.5 Å². The molecule has 134 valence electrons. The Bertz CT molecular complexity index is 1120. The molecular formula is C19H15ClN6O. The van der Waals surface area contributed by atoms with Crippen LogP contribution in [0.3, 0.4) is 0 Å². The number of carbonyl (C=O) groups is 1. The van der Waals surface area contributed by atoms with Crippen LogP contribution in [0.2, 0.25) is 5.02 Å². The van der Waals surface area contributed by atoms with Crippen molar-refractivity contribution in [3.63, 3.8) is 0 Å². The molecule has 0 spiro atoms. The van der Waals surface area contributed by atoms with E-state index in [0.717, 1.165) is 16.5 Å². The fourth-order valence-corrected chi connectivity index (χ4v) is 2.99. The molecule has 5 N–H and O–H groups in total. The van der Waals surface area contributed by atoms with Gasteiger partial charge in [-0.15, -0.1) is 0 Å². The molecule has 2 aromatic carbocycles. The second-order valence-corrected chi connectivity index (χ2v) is 6.30. The van der Waals surface area contributed by atoms with E-state index < -0.39 is 0 Å². The van der Waals surface area contributed by atoms with Crippen molar-refractivity contribution in [3.05, 3.63) is 65.8 Å². The Morgan fingerprint density at radius 1 is 1.04 bits per heavy atom. The predicted molar refractivity (Wildman–Crippen MR) is 108 cm³/mol. The molecule has 0 atom stereocenters. The van der Waals surface area contributed by atoms with Crippen molar-refractivity contribution in [1.82, 2.24) is 15.2 Å². The lowest BCUT2D eigenvalue weighted by Gasteiger charge is -2.09. The quantitative estimate of drug-likeness (QED) is 0.420. The van der Waals surface area contributed by atoms with Gasteiger partial charge in [-0.3, -0.25) is 5.10 Å². The van der Waals surface area contributed by atoms with Crippen molar-refractivity contribution in [2.75, 3.05) is 16.4 Å². The van der Waals surface area contributed by atoms with E-state index in [2.05, 4.69) is 25.8 Å². The van der Waals surface area contributed by atoms with E-state index in [-0.39, 0.29) is 6.03 Å². The Morgan fingerprint density at radius 2 is 1.81 bits per heavy atom. The lowest BCUT2D eigenvalue weighted by Crippen LogP contribution is -2.19. The zero-order valence-corrected chi connectivity index (χ0v) is 14.8. The summed E-state index contributed by atoms with van der Waals surface area (Å²) in [4.78, 5) is 16.3. The van der Waals surface area contributed by atoms with Crippen LogP contribution in [0.15, 0.2) is 60.8 Å². The van der Waals surface area contributed by atoms with Crippen molar-refractivity contribution >= 4 is 45.9 Å². The van der Waals surface area contributed by atoms with Gasteiger partial charge in [0.2, 0.25) is 0 Å². The van der Waals surface area contributed by atoms with E-state index in [4.69, 9.17) is 17.3 Å². The molecule has 0 saturated heterocycles. The van der Waals surface area contributed by atoms with Crippen LogP contribution in [0.4, 0.5) is 22.0 Å². The number of benzene rings is 2. The van der Waals surface area contributed by atoms with E-state index in [9.17, 15) is 4.79 Å². The molecule has 4 rings (SSSR count). The number of nitrogens with one attached hydrogen (secondary N) is 3. The standard InChI is InChI=1S/C19H15ClN6O/c20-12-2-1-3-14(10-12)24-19(27)23-13-6-4-11(5-7-13)15-8-9-22-18-16(15)17(21)25-26-18/h1-10H,(H2,23,24,27)(H3,21,22,25,26). The average molecular weight is 379 g/mol. The fraction of sp³-hybridized carbons (Fsp3) is 0. The second-order valence-electron chi connectivity index (χ2n) is 5.86. The van der Waals surface area contributed by atoms with Crippen molar-refractivity contribution < 1.29 is 4.79 Å². The molecule has 7 nitrogen and oxygen atoms in total. The first-order chi connectivity index (χ1) is 13.1. The Hall–Kier alpha value is -3.58. The Labute approximate surface area is 159 Å². The third-order valence-corrected chi connectivity index (χ3v) is 4.25. The van der Waals surface area contributed by atoms with E-state index in [0.29, 0.717) is 27.9 Å². The van der Waals surface area contributed by atoms with Crippen LogP contribution in [0, 0.1) is 0 Å². The van der Waals surface area contributed by atoms with E-state index in [1.165, 1.54) is 0 Å². The monoisotopic (exact) mass is 378 g/mol. The number of amides is 2. The number of carbonyl (C=O) groups excluding carboxylic acids is 1. The van der Waals surface area contributed by atoms with E-state index in [1.807, 2.05) is 30.3 Å². The molecule has 0 saturated carbocycles. The van der Waals surface area contributed by atoms with Crippen LogP contribution < -0.4 is 16.4 Å². The Morgan fingerprint density at radius 3 is 2.59 bits per heavy atom. The minimum absolute atomic E-state index is 0.351. The van der Waals surface area contributed by atoms with Gasteiger partial charge >= 0.3 is 6.03 Å². The molecule has 4 aromatic rings. The molecular weight excluding hydrogens is 364 g/mol. The Kier molecular flexibility index (Phi) is 4.35. The summed E-state index contributed by atoms with van der Waals surface area (Å²) in [6.45, 7) is 0. The minimum Gasteiger partial charge on any atom is -0.383 e. The zero-order valence-electron chi connectivity index (χ0n) is 14.0. The summed E-state index contributed by atoms with van der Waals surface area (Å²) in [7, 11) is 0. The third kappa shape index (κ3) is 3.54. The summed E-state index contributed by atoms with van der Waals surface area (Å²) in [6, 6.07) is 15.9. The molecule has 2 amide bonds. The molecule has 0 radical (unpaired) electrons. The molecule has 2 heterocycles. The van der Waals surface area contributed by atoms with Crippen LogP contribution in [-0.4, -0.2) is 21.2 Å². The van der Waals surface area contributed by atoms with Gasteiger partial charge in [-0.2, -0.15) is 5.10 Å². The average Bonchev–Trinajstić information content (AvgIpc) is 3.04. The molecule has 27 heavy (non-hydrogen) atoms. The van der Waals surface area contributed by atoms with Crippen molar-refractivity contribution in [1.29, 1.82) is 0 Å². The van der Waals surface area contributed by atoms with E-state index >= 15 is 0 Å². The normalized spacial score (nSPS) is 10.7. The number of halogens is 1. The van der Waals surface area contributed by atoms with Gasteiger partial charge in [0.1, 0.15) is 5.82 Å². The molecule has 0 aliphatic rings. The molecule has 0 bridgehead atoms. The van der Waals surface area contributed by atoms with Crippen molar-refractivity contribution in [2.24, 2.45) is 0 Å². The fourth-order valence-electron chi connectivity index (χ4n) is 2.80. The van der Waals surface area contributed by atoms with Gasteiger partial charge in [-0.25, -0.2) is 9.78 Å². The molecule has 0 fully saturated rings. The number of nitrogen functional groups attached to an aromatic ring is 1. The van der Waals surface area contributed by atoms with Gasteiger partial charge in [-0.1, -0.05) is 29.8 Å². The second kappa shape index (κ2) is 6.97. The lowest BCUT2D eigenvalue weighted by atomic mass is 10.0. The number of anilines is 3. The molecule has 0 aliphatic heterocycles. The number of hydrogen-bond acceptors (Lipinski definition) is 4. The molecule has 0 unspecified atom stereocenters. The number of aromatic nitrogens is 3. The number of nitrogens with two attached hydrogens (primary N) is 1. The van der Waals surface area contributed by atoms with Crippen molar-refractivity contribution in [2.45, 2.75) is 0 Å². The maximum absolute atomic E-state index is 12.1. The van der Waals surface area contributed by atoms with Gasteiger partial charge in [0.05, 0.1) is 5.39 Å². The summed E-state index contributed by atoms with van der Waals surface area (Å²) in [5, 5.41) is 13.7. The summed E-state index contributed by atoms with van der Waals surface area (Å²) < 4.78 is 0. The van der Waals surface area contributed by atoms with Gasteiger partial charge in [0.15, 0.2) is 5.65 Å². The first-order valence-corrected chi connectivity index (χ1v) is 8.50. The first-order valence-electron chi connectivity index (χ1n) is 8.13. The highest BCUT2D eigenvalue weighted by Gasteiger charge is 2.11. The maximum atomic E-state index is 12.1. The largest absolute Gasteiger partial charge is 0.383 e. The van der Waals surface area contributed by atoms with Gasteiger partial charge in [-0.05, 0) is 47.5 Å². The van der Waals surface area contributed by atoms with Crippen LogP contribution in [0.25, 0.3) is 22.2 Å². The SMILES string of the molecule is Nc1[nH]nc2nccc(-c3ccc(NC(=O)Nc4cccc(Cl)c4)cc3)c12. The van der Waals surface area contributed by atoms with Crippen LogP contribution in [-0.2, 0) is 0 Å². The highest BCUT2D eigenvalue weighted by atomic mass is 35.5. The van der Waals surface area contributed by atoms with Crippen LogP contribution in [0.1, 0.15) is 0 Å².